The van der Waals surface area contributed by atoms with Crippen LogP contribution in [-0.2, 0) is 4.79 Å². The number of nitrogens with one attached hydrogen (secondary N) is 1. The van der Waals surface area contributed by atoms with Crippen molar-refractivity contribution in [2.45, 2.75) is 25.9 Å². The standard InChI is InChI=1S/C16H18N2O2/c1-8-2-4-9(5-3-8)15-13-10-6-11(12(19)7-10)14(13)16(20)18-17-15/h2-5,10-14,19H,6-7H2,1H3,(H,18,20)/t10-,11+,12-,13+,14-/m1/s1. The highest BCUT2D eigenvalue weighted by Crippen LogP contribution is 2.54. The molecule has 0 spiro atoms. The third-order valence-corrected chi connectivity index (χ3v) is 5.22. The van der Waals surface area contributed by atoms with E-state index in [2.05, 4.69) is 41.7 Å². The number of benzene rings is 1. The second-order valence-corrected chi connectivity index (χ2v) is 6.35. The molecule has 0 unspecified atom stereocenters. The summed E-state index contributed by atoms with van der Waals surface area (Å²) in [5.41, 5.74) is 5.96. The van der Waals surface area contributed by atoms with Crippen LogP contribution < -0.4 is 5.43 Å². The van der Waals surface area contributed by atoms with Crippen molar-refractivity contribution in [3.05, 3.63) is 35.4 Å². The smallest absolute Gasteiger partial charge is 0.244 e. The van der Waals surface area contributed by atoms with Gasteiger partial charge in [0.25, 0.3) is 0 Å². The minimum Gasteiger partial charge on any atom is -0.393 e. The SMILES string of the molecule is Cc1ccc(C2=NNC(=O)[C@@H]3[C@H]4C[C@H](C[C@H]4O)[C@H]23)cc1. The zero-order valence-electron chi connectivity index (χ0n) is 11.4. The van der Waals surface area contributed by atoms with Gasteiger partial charge in [0, 0.05) is 5.92 Å². The van der Waals surface area contributed by atoms with E-state index in [1.807, 2.05) is 0 Å². The fourth-order valence-corrected chi connectivity index (χ4v) is 4.32. The van der Waals surface area contributed by atoms with Gasteiger partial charge in [0.2, 0.25) is 5.91 Å². The van der Waals surface area contributed by atoms with Gasteiger partial charge in [0.1, 0.15) is 0 Å². The Bertz CT molecular complexity index is 593. The molecule has 2 saturated carbocycles. The van der Waals surface area contributed by atoms with Crippen LogP contribution in [0.15, 0.2) is 29.4 Å². The van der Waals surface area contributed by atoms with Gasteiger partial charge in [-0.25, -0.2) is 5.43 Å². The summed E-state index contributed by atoms with van der Waals surface area (Å²) in [6, 6.07) is 8.30. The number of hydrogen-bond donors (Lipinski definition) is 2. The van der Waals surface area contributed by atoms with E-state index in [1.54, 1.807) is 0 Å². The Kier molecular flexibility index (Phi) is 2.51. The molecule has 0 radical (unpaired) electrons. The molecule has 4 nitrogen and oxygen atoms in total. The summed E-state index contributed by atoms with van der Waals surface area (Å²) in [7, 11) is 0. The topological polar surface area (TPSA) is 61.7 Å². The molecule has 5 atom stereocenters. The van der Waals surface area contributed by atoms with Gasteiger partial charge in [-0.1, -0.05) is 29.8 Å². The summed E-state index contributed by atoms with van der Waals surface area (Å²) in [5.74, 6) is 0.571. The molecule has 1 aromatic carbocycles. The second kappa shape index (κ2) is 4.16. The quantitative estimate of drug-likeness (QED) is 0.811. The van der Waals surface area contributed by atoms with Gasteiger partial charge in [-0.15, -0.1) is 0 Å². The molecule has 104 valence electrons. The third-order valence-electron chi connectivity index (χ3n) is 5.22. The van der Waals surface area contributed by atoms with Crippen LogP contribution in [0.3, 0.4) is 0 Å². The minimum atomic E-state index is -0.315. The molecule has 2 bridgehead atoms. The van der Waals surface area contributed by atoms with E-state index in [0.717, 1.165) is 24.1 Å². The molecule has 0 saturated heterocycles. The van der Waals surface area contributed by atoms with E-state index in [1.165, 1.54) is 5.56 Å². The summed E-state index contributed by atoms with van der Waals surface area (Å²) in [5, 5.41) is 14.4. The van der Waals surface area contributed by atoms with Crippen molar-refractivity contribution in [2.75, 3.05) is 0 Å². The normalized spacial score (nSPS) is 38.4. The number of amides is 1. The predicted molar refractivity (Wildman–Crippen MR) is 75.1 cm³/mol. The molecule has 1 aliphatic heterocycles. The fourth-order valence-electron chi connectivity index (χ4n) is 4.32. The number of hydrogen-bond acceptors (Lipinski definition) is 3. The van der Waals surface area contributed by atoms with Gasteiger partial charge < -0.3 is 5.11 Å². The zero-order chi connectivity index (χ0) is 13.9. The molecular formula is C16H18N2O2. The van der Waals surface area contributed by atoms with Crippen LogP contribution >= 0.6 is 0 Å². The van der Waals surface area contributed by atoms with E-state index in [9.17, 15) is 9.90 Å². The molecule has 2 aliphatic carbocycles. The van der Waals surface area contributed by atoms with Gasteiger partial charge in [-0.05, 0) is 37.2 Å². The van der Waals surface area contributed by atoms with Gasteiger partial charge in [0.05, 0.1) is 17.7 Å². The largest absolute Gasteiger partial charge is 0.393 e. The van der Waals surface area contributed by atoms with Gasteiger partial charge in [-0.3, -0.25) is 4.79 Å². The lowest BCUT2D eigenvalue weighted by Gasteiger charge is -2.36. The molecule has 20 heavy (non-hydrogen) atoms. The highest BCUT2D eigenvalue weighted by Gasteiger charge is 2.57. The Hall–Kier alpha value is -1.68. The Morgan fingerprint density at radius 1 is 1.20 bits per heavy atom. The molecule has 0 aromatic heterocycles. The maximum atomic E-state index is 12.1. The van der Waals surface area contributed by atoms with Crippen molar-refractivity contribution < 1.29 is 9.90 Å². The number of aliphatic hydroxyl groups excluding tert-OH is 1. The van der Waals surface area contributed by atoms with Gasteiger partial charge >= 0.3 is 0 Å². The molecule has 4 rings (SSSR count). The van der Waals surface area contributed by atoms with Crippen molar-refractivity contribution >= 4 is 11.6 Å². The van der Waals surface area contributed by atoms with E-state index < -0.39 is 0 Å². The van der Waals surface area contributed by atoms with Gasteiger partial charge in [0.15, 0.2) is 0 Å². The van der Waals surface area contributed by atoms with Crippen LogP contribution in [0, 0.1) is 30.6 Å². The van der Waals surface area contributed by atoms with Crippen LogP contribution in [0.5, 0.6) is 0 Å². The number of aryl methyl sites for hydroxylation is 1. The van der Waals surface area contributed by atoms with Crippen LogP contribution in [0.25, 0.3) is 0 Å². The van der Waals surface area contributed by atoms with Crippen molar-refractivity contribution in [3.63, 3.8) is 0 Å². The van der Waals surface area contributed by atoms with Crippen molar-refractivity contribution in [1.82, 2.24) is 5.43 Å². The molecule has 2 N–H and O–H groups in total. The highest BCUT2D eigenvalue weighted by molar-refractivity contribution is 6.07. The Morgan fingerprint density at radius 3 is 2.70 bits per heavy atom. The van der Waals surface area contributed by atoms with Crippen LogP contribution in [0.2, 0.25) is 0 Å². The lowest BCUT2D eigenvalue weighted by Crippen LogP contribution is -2.48. The molecule has 4 heteroatoms. The first-order valence-corrected chi connectivity index (χ1v) is 7.27. The maximum absolute atomic E-state index is 12.1. The first-order valence-electron chi connectivity index (χ1n) is 7.27. The van der Waals surface area contributed by atoms with Gasteiger partial charge in [-0.2, -0.15) is 5.10 Å². The number of rotatable bonds is 1. The van der Waals surface area contributed by atoms with Crippen LogP contribution in [-0.4, -0.2) is 22.8 Å². The van der Waals surface area contributed by atoms with Crippen molar-refractivity contribution in [1.29, 1.82) is 0 Å². The molecule has 1 amide bonds. The Morgan fingerprint density at radius 2 is 1.95 bits per heavy atom. The van der Waals surface area contributed by atoms with E-state index in [-0.39, 0.29) is 29.8 Å². The fraction of sp³-hybridized carbons (Fsp3) is 0.500. The number of aliphatic hydroxyl groups is 1. The first kappa shape index (κ1) is 12.1. The highest BCUT2D eigenvalue weighted by atomic mass is 16.3. The lowest BCUT2D eigenvalue weighted by atomic mass is 9.73. The summed E-state index contributed by atoms with van der Waals surface area (Å²) in [6.07, 6.45) is 1.45. The lowest BCUT2D eigenvalue weighted by molar-refractivity contribution is -0.130. The molecule has 3 aliphatic rings. The minimum absolute atomic E-state index is 0.0166. The summed E-state index contributed by atoms with van der Waals surface area (Å²) >= 11 is 0. The zero-order valence-corrected chi connectivity index (χ0v) is 11.4. The number of carbonyl (C=O) groups excluding carboxylic acids is 1. The Balaban J connectivity index is 1.75. The monoisotopic (exact) mass is 270 g/mol. The Labute approximate surface area is 117 Å². The van der Waals surface area contributed by atoms with Crippen LogP contribution in [0.4, 0.5) is 0 Å². The molecule has 2 fully saturated rings. The number of fused-ring (bicyclic) bond motifs is 5. The average Bonchev–Trinajstić information content (AvgIpc) is 2.98. The summed E-state index contributed by atoms with van der Waals surface area (Å²) < 4.78 is 0. The van der Waals surface area contributed by atoms with Crippen molar-refractivity contribution in [3.8, 4) is 0 Å². The average molecular weight is 270 g/mol. The van der Waals surface area contributed by atoms with E-state index in [4.69, 9.17) is 0 Å². The molecular weight excluding hydrogens is 252 g/mol. The number of hydrazone groups is 1. The van der Waals surface area contributed by atoms with E-state index in [0.29, 0.717) is 5.92 Å². The molecule has 1 aromatic rings. The molecule has 1 heterocycles. The predicted octanol–water partition coefficient (Wildman–Crippen LogP) is 1.46. The first-order chi connectivity index (χ1) is 9.65. The van der Waals surface area contributed by atoms with Crippen LogP contribution in [0.1, 0.15) is 24.0 Å². The van der Waals surface area contributed by atoms with Crippen molar-refractivity contribution in [2.24, 2.45) is 28.8 Å². The maximum Gasteiger partial charge on any atom is 0.244 e. The third kappa shape index (κ3) is 1.57. The summed E-state index contributed by atoms with van der Waals surface area (Å²) in [4.78, 5) is 12.1. The van der Waals surface area contributed by atoms with E-state index >= 15 is 0 Å². The number of nitrogens with zero attached hydrogens (tertiary/aromatic N) is 1. The summed E-state index contributed by atoms with van der Waals surface area (Å²) in [6.45, 7) is 2.06. The second-order valence-electron chi connectivity index (χ2n) is 6.35. The number of carbonyl (C=O) groups is 1.